The first-order chi connectivity index (χ1) is 8.60. The van der Waals surface area contributed by atoms with Gasteiger partial charge in [0.25, 0.3) is 5.91 Å². The minimum absolute atomic E-state index is 0.125. The topological polar surface area (TPSA) is 55.4 Å². The van der Waals surface area contributed by atoms with Crippen molar-refractivity contribution in [3.8, 4) is 5.75 Å². The number of aldehydes is 1. The van der Waals surface area contributed by atoms with Gasteiger partial charge in [-0.1, -0.05) is 0 Å². The van der Waals surface area contributed by atoms with Crippen molar-refractivity contribution in [3.05, 3.63) is 29.3 Å². The van der Waals surface area contributed by atoms with Crippen molar-refractivity contribution in [2.45, 2.75) is 18.9 Å². The van der Waals surface area contributed by atoms with Gasteiger partial charge in [-0.2, -0.15) is 0 Å². The third-order valence-electron chi connectivity index (χ3n) is 2.45. The molecular formula is C12H11F2NO3. The minimum Gasteiger partial charge on any atom is -0.478 e. The van der Waals surface area contributed by atoms with Crippen LogP contribution in [0.5, 0.6) is 5.75 Å². The van der Waals surface area contributed by atoms with Gasteiger partial charge in [-0.3, -0.25) is 9.59 Å². The molecule has 96 valence electrons. The van der Waals surface area contributed by atoms with Crippen molar-refractivity contribution in [1.82, 2.24) is 5.32 Å². The average molecular weight is 255 g/mol. The summed E-state index contributed by atoms with van der Waals surface area (Å²) in [6.45, 7) is -0.454. The first-order valence-electron chi connectivity index (χ1n) is 5.46. The Morgan fingerprint density at radius 1 is 1.39 bits per heavy atom. The molecule has 1 N–H and O–H groups in total. The highest BCUT2D eigenvalue weighted by molar-refractivity contribution is 5.78. The Hall–Kier alpha value is -1.98. The molecule has 0 saturated heterocycles. The van der Waals surface area contributed by atoms with Crippen molar-refractivity contribution in [2.24, 2.45) is 0 Å². The molecule has 0 radical (unpaired) electrons. The summed E-state index contributed by atoms with van der Waals surface area (Å²) >= 11 is 0. The van der Waals surface area contributed by atoms with Crippen LogP contribution in [0.1, 0.15) is 23.2 Å². The van der Waals surface area contributed by atoms with Gasteiger partial charge in [0, 0.05) is 11.6 Å². The molecule has 0 spiro atoms. The van der Waals surface area contributed by atoms with Crippen LogP contribution in [0.15, 0.2) is 12.1 Å². The number of hydrogen-bond donors (Lipinski definition) is 1. The van der Waals surface area contributed by atoms with Gasteiger partial charge < -0.3 is 10.1 Å². The Balaban J connectivity index is 1.99. The summed E-state index contributed by atoms with van der Waals surface area (Å²) in [4.78, 5) is 21.7. The summed E-state index contributed by atoms with van der Waals surface area (Å²) in [6, 6.07) is 1.86. The van der Waals surface area contributed by atoms with Crippen LogP contribution in [0, 0.1) is 11.6 Å². The van der Waals surface area contributed by atoms with Crippen molar-refractivity contribution >= 4 is 12.2 Å². The van der Waals surface area contributed by atoms with Crippen LogP contribution < -0.4 is 10.1 Å². The van der Waals surface area contributed by atoms with E-state index in [0.29, 0.717) is 6.29 Å². The maximum absolute atomic E-state index is 13.4. The first-order valence-corrected chi connectivity index (χ1v) is 5.46. The van der Waals surface area contributed by atoms with Crippen LogP contribution >= 0.6 is 0 Å². The number of carbonyl (C=O) groups excluding carboxylic acids is 2. The van der Waals surface area contributed by atoms with E-state index in [1.165, 1.54) is 0 Å². The molecule has 1 aliphatic carbocycles. The molecule has 1 fully saturated rings. The predicted molar refractivity (Wildman–Crippen MR) is 58.4 cm³/mol. The van der Waals surface area contributed by atoms with Gasteiger partial charge in [0.2, 0.25) is 0 Å². The molecule has 1 aromatic rings. The fourth-order valence-corrected chi connectivity index (χ4v) is 1.42. The van der Waals surface area contributed by atoms with Crippen molar-refractivity contribution in [1.29, 1.82) is 0 Å². The Labute approximate surface area is 102 Å². The highest BCUT2D eigenvalue weighted by Gasteiger charge is 2.23. The molecule has 1 aliphatic rings. The standard InChI is InChI=1S/C12H11F2NO3/c13-9-3-7(5-16)4-10(14)12(9)18-6-11(17)15-8-1-2-8/h3-5,8H,1-2,6H2,(H,15,17). The molecule has 0 heterocycles. The Morgan fingerprint density at radius 3 is 2.50 bits per heavy atom. The van der Waals surface area contributed by atoms with Gasteiger partial charge in [0.15, 0.2) is 24.0 Å². The van der Waals surface area contributed by atoms with Gasteiger partial charge in [-0.05, 0) is 25.0 Å². The summed E-state index contributed by atoms with van der Waals surface area (Å²) in [5.41, 5.74) is -0.125. The van der Waals surface area contributed by atoms with E-state index in [1.807, 2.05) is 0 Å². The van der Waals surface area contributed by atoms with Crippen LogP contribution in [-0.2, 0) is 4.79 Å². The molecule has 0 atom stereocenters. The fourth-order valence-electron chi connectivity index (χ4n) is 1.42. The normalized spacial score (nSPS) is 14.1. The molecule has 18 heavy (non-hydrogen) atoms. The van der Waals surface area contributed by atoms with Gasteiger partial charge in [0.05, 0.1) is 0 Å². The van der Waals surface area contributed by atoms with Crippen LogP contribution in [0.25, 0.3) is 0 Å². The number of nitrogens with one attached hydrogen (secondary N) is 1. The van der Waals surface area contributed by atoms with Gasteiger partial charge >= 0.3 is 0 Å². The lowest BCUT2D eigenvalue weighted by Gasteiger charge is -2.08. The van der Waals surface area contributed by atoms with E-state index in [2.05, 4.69) is 5.32 Å². The molecule has 0 bridgehead atoms. The molecule has 1 amide bonds. The lowest BCUT2D eigenvalue weighted by molar-refractivity contribution is -0.123. The van der Waals surface area contributed by atoms with Crippen LogP contribution in [0.2, 0.25) is 0 Å². The second kappa shape index (κ2) is 5.12. The van der Waals surface area contributed by atoms with Crippen LogP contribution in [0.4, 0.5) is 8.78 Å². The number of ether oxygens (including phenoxy) is 1. The number of carbonyl (C=O) groups is 2. The Morgan fingerprint density at radius 2 is 2.00 bits per heavy atom. The lowest BCUT2D eigenvalue weighted by atomic mass is 10.2. The van der Waals surface area contributed by atoms with Crippen LogP contribution in [0.3, 0.4) is 0 Å². The highest BCUT2D eigenvalue weighted by atomic mass is 19.1. The summed E-state index contributed by atoms with van der Waals surface area (Å²) in [6.07, 6.45) is 2.17. The fraction of sp³-hybridized carbons (Fsp3) is 0.333. The Bertz CT molecular complexity index is 463. The van der Waals surface area contributed by atoms with Crippen molar-refractivity contribution in [2.75, 3.05) is 6.61 Å². The molecule has 6 heteroatoms. The first kappa shape index (κ1) is 12.5. The molecule has 1 aromatic carbocycles. The molecular weight excluding hydrogens is 244 g/mol. The van der Waals surface area contributed by atoms with E-state index in [0.717, 1.165) is 25.0 Å². The summed E-state index contributed by atoms with van der Waals surface area (Å²) in [5, 5.41) is 2.62. The predicted octanol–water partition coefficient (Wildman–Crippen LogP) is 1.43. The number of halogens is 2. The van der Waals surface area contributed by atoms with E-state index in [9.17, 15) is 18.4 Å². The third-order valence-corrected chi connectivity index (χ3v) is 2.45. The zero-order valence-electron chi connectivity index (χ0n) is 9.41. The number of amides is 1. The quantitative estimate of drug-likeness (QED) is 0.810. The van der Waals surface area contributed by atoms with Gasteiger partial charge in [-0.25, -0.2) is 8.78 Å². The van der Waals surface area contributed by atoms with E-state index in [1.54, 1.807) is 0 Å². The average Bonchev–Trinajstić information content (AvgIpc) is 3.11. The number of rotatable bonds is 5. The van der Waals surface area contributed by atoms with Gasteiger partial charge in [0.1, 0.15) is 6.29 Å². The van der Waals surface area contributed by atoms with E-state index >= 15 is 0 Å². The number of benzene rings is 1. The van der Waals surface area contributed by atoms with E-state index in [4.69, 9.17) is 4.74 Å². The second-order valence-electron chi connectivity index (χ2n) is 4.06. The smallest absolute Gasteiger partial charge is 0.258 e. The van der Waals surface area contributed by atoms with Gasteiger partial charge in [-0.15, -0.1) is 0 Å². The molecule has 1 saturated carbocycles. The monoisotopic (exact) mass is 255 g/mol. The third kappa shape index (κ3) is 3.03. The maximum atomic E-state index is 13.4. The molecule has 0 aliphatic heterocycles. The number of hydrogen-bond acceptors (Lipinski definition) is 3. The molecule has 0 aromatic heterocycles. The van der Waals surface area contributed by atoms with Crippen molar-refractivity contribution in [3.63, 3.8) is 0 Å². The second-order valence-corrected chi connectivity index (χ2v) is 4.06. The maximum Gasteiger partial charge on any atom is 0.258 e. The zero-order valence-corrected chi connectivity index (χ0v) is 9.41. The summed E-state index contributed by atoms with van der Waals surface area (Å²) < 4.78 is 31.5. The molecule has 2 rings (SSSR count). The Kier molecular flexibility index (Phi) is 3.55. The SMILES string of the molecule is O=Cc1cc(F)c(OCC(=O)NC2CC2)c(F)c1. The largest absolute Gasteiger partial charge is 0.478 e. The van der Waals surface area contributed by atoms with Crippen molar-refractivity contribution < 1.29 is 23.1 Å². The zero-order chi connectivity index (χ0) is 13.1. The van der Waals surface area contributed by atoms with E-state index in [-0.39, 0.29) is 11.6 Å². The summed E-state index contributed by atoms with van der Waals surface area (Å²) in [5.74, 6) is -3.07. The lowest BCUT2D eigenvalue weighted by Crippen LogP contribution is -2.30. The van der Waals surface area contributed by atoms with E-state index < -0.39 is 29.9 Å². The highest BCUT2D eigenvalue weighted by Crippen LogP contribution is 2.23. The van der Waals surface area contributed by atoms with Crippen LogP contribution in [-0.4, -0.2) is 24.8 Å². The molecule has 0 unspecified atom stereocenters. The minimum atomic E-state index is -1.00. The molecule has 4 nitrogen and oxygen atoms in total. The summed E-state index contributed by atoms with van der Waals surface area (Å²) in [7, 11) is 0.